The van der Waals surface area contributed by atoms with E-state index in [9.17, 15) is 0 Å². The van der Waals surface area contributed by atoms with E-state index < -0.39 is 0 Å². The van der Waals surface area contributed by atoms with Crippen molar-refractivity contribution in [3.05, 3.63) is 59.9 Å². The molecule has 3 rings (SSSR count). The van der Waals surface area contributed by atoms with E-state index in [-0.39, 0.29) is 0 Å². The smallest absolute Gasteiger partial charge is 0.218 e. The second-order valence-corrected chi connectivity index (χ2v) is 4.71. The lowest BCUT2D eigenvalue weighted by atomic mass is 10.1. The Morgan fingerprint density at radius 2 is 2.15 bits per heavy atom. The molecule has 102 valence electrons. The van der Waals surface area contributed by atoms with Crippen molar-refractivity contribution < 1.29 is 4.74 Å². The largest absolute Gasteiger partial charge is 0.481 e. The maximum atomic E-state index is 5.72. The summed E-state index contributed by atoms with van der Waals surface area (Å²) in [5.41, 5.74) is 9.09. The molecule has 20 heavy (non-hydrogen) atoms. The number of pyridine rings is 1. The van der Waals surface area contributed by atoms with E-state index in [0.29, 0.717) is 12.4 Å². The lowest BCUT2D eigenvalue weighted by molar-refractivity contribution is 0.391. The van der Waals surface area contributed by atoms with E-state index in [1.54, 1.807) is 13.3 Å². The zero-order chi connectivity index (χ0) is 13.9. The Kier molecular flexibility index (Phi) is 3.39. The maximum absolute atomic E-state index is 5.72. The van der Waals surface area contributed by atoms with Crippen LogP contribution in [0.25, 0.3) is 10.9 Å². The zero-order valence-electron chi connectivity index (χ0n) is 11.4. The molecule has 4 heteroatoms. The number of methoxy groups -OCH3 is 1. The third kappa shape index (κ3) is 2.26. The van der Waals surface area contributed by atoms with Crippen molar-refractivity contribution in [3.8, 4) is 5.88 Å². The third-order valence-corrected chi connectivity index (χ3v) is 3.46. The molecule has 0 spiro atoms. The number of fused-ring (bicyclic) bond motifs is 1. The van der Waals surface area contributed by atoms with Crippen LogP contribution >= 0.6 is 0 Å². The zero-order valence-corrected chi connectivity index (χ0v) is 11.4. The van der Waals surface area contributed by atoms with E-state index in [1.165, 1.54) is 10.9 Å². The number of benzene rings is 1. The normalized spacial score (nSPS) is 10.9. The van der Waals surface area contributed by atoms with Crippen LogP contribution in [-0.4, -0.2) is 16.7 Å². The summed E-state index contributed by atoms with van der Waals surface area (Å²) in [4.78, 5) is 4.24. The molecule has 0 amide bonds. The Morgan fingerprint density at radius 1 is 1.25 bits per heavy atom. The van der Waals surface area contributed by atoms with Gasteiger partial charge in [-0.15, -0.1) is 0 Å². The van der Waals surface area contributed by atoms with Crippen LogP contribution in [0.2, 0.25) is 0 Å². The summed E-state index contributed by atoms with van der Waals surface area (Å²) in [6.07, 6.45) is 3.82. The highest BCUT2D eigenvalue weighted by molar-refractivity contribution is 5.81. The Morgan fingerprint density at radius 3 is 2.95 bits per heavy atom. The molecular formula is C16H17N3O. The highest BCUT2D eigenvalue weighted by atomic mass is 16.5. The lowest BCUT2D eigenvalue weighted by Crippen LogP contribution is -2.02. The topological polar surface area (TPSA) is 53.1 Å². The van der Waals surface area contributed by atoms with Gasteiger partial charge < -0.3 is 15.0 Å². The molecule has 0 fully saturated rings. The first-order valence-corrected chi connectivity index (χ1v) is 6.57. The SMILES string of the molecule is COc1ncccc1Cn1ccc2ccc(CN)cc21. The van der Waals surface area contributed by atoms with Crippen molar-refractivity contribution in [3.63, 3.8) is 0 Å². The summed E-state index contributed by atoms with van der Waals surface area (Å²) >= 11 is 0. The predicted octanol–water partition coefficient (Wildman–Crippen LogP) is 2.55. The van der Waals surface area contributed by atoms with Crippen molar-refractivity contribution in [2.75, 3.05) is 7.11 Å². The van der Waals surface area contributed by atoms with Crippen LogP contribution in [0.4, 0.5) is 0 Å². The van der Waals surface area contributed by atoms with E-state index in [0.717, 1.165) is 17.7 Å². The molecule has 2 aromatic heterocycles. The molecule has 0 atom stereocenters. The summed E-state index contributed by atoms with van der Waals surface area (Å²) in [6.45, 7) is 1.28. The minimum atomic E-state index is 0.553. The fourth-order valence-corrected chi connectivity index (χ4v) is 2.41. The van der Waals surface area contributed by atoms with E-state index >= 15 is 0 Å². The van der Waals surface area contributed by atoms with Gasteiger partial charge in [-0.3, -0.25) is 0 Å². The molecular weight excluding hydrogens is 250 g/mol. The number of ether oxygens (including phenoxy) is 1. The van der Waals surface area contributed by atoms with Crippen molar-refractivity contribution >= 4 is 10.9 Å². The molecule has 2 N–H and O–H groups in total. The van der Waals surface area contributed by atoms with E-state index in [1.807, 2.05) is 12.1 Å². The Hall–Kier alpha value is -2.33. The minimum absolute atomic E-state index is 0.553. The van der Waals surface area contributed by atoms with Crippen LogP contribution in [0, 0.1) is 0 Å². The van der Waals surface area contributed by atoms with Gasteiger partial charge in [-0.1, -0.05) is 18.2 Å². The molecule has 0 unspecified atom stereocenters. The second-order valence-electron chi connectivity index (χ2n) is 4.71. The molecule has 4 nitrogen and oxygen atoms in total. The highest BCUT2D eigenvalue weighted by Crippen LogP contribution is 2.21. The molecule has 0 aliphatic heterocycles. The average Bonchev–Trinajstić information content (AvgIpc) is 2.90. The van der Waals surface area contributed by atoms with Crippen LogP contribution in [0.3, 0.4) is 0 Å². The Bertz CT molecular complexity index is 733. The van der Waals surface area contributed by atoms with Crippen LogP contribution < -0.4 is 10.5 Å². The van der Waals surface area contributed by atoms with Gasteiger partial charge in [-0.25, -0.2) is 4.98 Å². The molecule has 1 aromatic carbocycles. The molecule has 3 aromatic rings. The Balaban J connectivity index is 2.02. The minimum Gasteiger partial charge on any atom is -0.481 e. The molecule has 0 radical (unpaired) electrons. The quantitative estimate of drug-likeness (QED) is 0.790. The summed E-state index contributed by atoms with van der Waals surface area (Å²) in [6, 6.07) is 12.4. The van der Waals surface area contributed by atoms with E-state index in [2.05, 4.69) is 40.0 Å². The number of nitrogens with two attached hydrogens (primary N) is 1. The summed E-state index contributed by atoms with van der Waals surface area (Å²) < 4.78 is 7.50. The number of aromatic nitrogens is 2. The van der Waals surface area contributed by atoms with Gasteiger partial charge >= 0.3 is 0 Å². The molecule has 0 aliphatic rings. The van der Waals surface area contributed by atoms with Crippen LogP contribution in [0.15, 0.2) is 48.8 Å². The van der Waals surface area contributed by atoms with Gasteiger partial charge in [-0.05, 0) is 29.1 Å². The van der Waals surface area contributed by atoms with Crippen molar-refractivity contribution in [1.29, 1.82) is 0 Å². The summed E-state index contributed by atoms with van der Waals surface area (Å²) in [7, 11) is 1.64. The molecule has 0 saturated carbocycles. The molecule has 0 saturated heterocycles. The van der Waals surface area contributed by atoms with Gasteiger partial charge in [-0.2, -0.15) is 0 Å². The van der Waals surface area contributed by atoms with Gasteiger partial charge in [0.1, 0.15) is 0 Å². The van der Waals surface area contributed by atoms with Gasteiger partial charge in [0.15, 0.2) is 0 Å². The Labute approximate surface area is 117 Å². The van der Waals surface area contributed by atoms with Crippen molar-refractivity contribution in [2.24, 2.45) is 5.73 Å². The van der Waals surface area contributed by atoms with E-state index in [4.69, 9.17) is 10.5 Å². The maximum Gasteiger partial charge on any atom is 0.218 e. The van der Waals surface area contributed by atoms with Crippen LogP contribution in [0.5, 0.6) is 5.88 Å². The first kappa shape index (κ1) is 12.7. The van der Waals surface area contributed by atoms with Gasteiger partial charge in [0, 0.05) is 30.0 Å². The predicted molar refractivity (Wildman–Crippen MR) is 79.7 cm³/mol. The fraction of sp³-hybridized carbons (Fsp3) is 0.188. The molecule has 2 heterocycles. The van der Waals surface area contributed by atoms with Crippen molar-refractivity contribution in [1.82, 2.24) is 9.55 Å². The number of rotatable bonds is 4. The number of hydrogen-bond acceptors (Lipinski definition) is 3. The second kappa shape index (κ2) is 5.35. The van der Waals surface area contributed by atoms with Gasteiger partial charge in [0.2, 0.25) is 5.88 Å². The average molecular weight is 267 g/mol. The summed E-state index contributed by atoms with van der Waals surface area (Å²) in [5.74, 6) is 0.671. The first-order chi connectivity index (χ1) is 9.81. The van der Waals surface area contributed by atoms with Gasteiger partial charge in [0.25, 0.3) is 0 Å². The molecule has 0 aliphatic carbocycles. The number of hydrogen-bond donors (Lipinski definition) is 1. The molecule has 0 bridgehead atoms. The van der Waals surface area contributed by atoms with Crippen LogP contribution in [0.1, 0.15) is 11.1 Å². The highest BCUT2D eigenvalue weighted by Gasteiger charge is 2.07. The lowest BCUT2D eigenvalue weighted by Gasteiger charge is -2.09. The number of nitrogens with zero attached hydrogens (tertiary/aromatic N) is 2. The van der Waals surface area contributed by atoms with Crippen molar-refractivity contribution in [2.45, 2.75) is 13.1 Å². The standard InChI is InChI=1S/C16H17N3O/c1-20-16-14(3-2-7-18-16)11-19-8-6-13-5-4-12(10-17)9-15(13)19/h2-9H,10-11,17H2,1H3. The van der Waals surface area contributed by atoms with Crippen LogP contribution in [-0.2, 0) is 13.1 Å². The summed E-state index contributed by atoms with van der Waals surface area (Å²) in [5, 5.41) is 1.21. The van der Waals surface area contributed by atoms with Gasteiger partial charge in [0.05, 0.1) is 13.7 Å². The first-order valence-electron chi connectivity index (χ1n) is 6.57. The monoisotopic (exact) mass is 267 g/mol. The fourth-order valence-electron chi connectivity index (χ4n) is 2.41. The third-order valence-electron chi connectivity index (χ3n) is 3.46.